The fraction of sp³-hybridized carbons (Fsp3) is 0.316. The van der Waals surface area contributed by atoms with E-state index in [-0.39, 0.29) is 17.6 Å². The van der Waals surface area contributed by atoms with Gasteiger partial charge in [0, 0.05) is 6.54 Å². The van der Waals surface area contributed by atoms with Crippen molar-refractivity contribution >= 4 is 6.03 Å². The number of alkyl halides is 3. The second-order valence-electron chi connectivity index (χ2n) is 5.97. The molecule has 4 nitrogen and oxygen atoms in total. The number of ether oxygens (including phenoxy) is 1. The van der Waals surface area contributed by atoms with Gasteiger partial charge in [0.25, 0.3) is 0 Å². The van der Waals surface area contributed by atoms with E-state index in [2.05, 4.69) is 15.4 Å². The van der Waals surface area contributed by atoms with Crippen LogP contribution in [0.1, 0.15) is 24.1 Å². The maximum Gasteiger partial charge on any atom is 0.422 e. The lowest BCUT2D eigenvalue weighted by Crippen LogP contribution is -2.38. The molecule has 0 heterocycles. The van der Waals surface area contributed by atoms with Crippen molar-refractivity contribution in [3.05, 3.63) is 65.5 Å². The fourth-order valence-corrected chi connectivity index (χ4v) is 2.36. The second kappa shape index (κ2) is 9.25. The molecule has 146 valence electrons. The minimum atomic E-state index is -4.39. The number of benzene rings is 2. The molecule has 2 amide bonds. The summed E-state index contributed by atoms with van der Waals surface area (Å²) >= 11 is 0. The molecule has 0 spiro atoms. The zero-order valence-corrected chi connectivity index (χ0v) is 14.6. The van der Waals surface area contributed by atoms with Crippen molar-refractivity contribution in [2.45, 2.75) is 25.6 Å². The van der Waals surface area contributed by atoms with E-state index in [0.29, 0.717) is 13.0 Å². The van der Waals surface area contributed by atoms with Gasteiger partial charge in [-0.05, 0) is 48.7 Å². The van der Waals surface area contributed by atoms with Crippen LogP contribution in [0.15, 0.2) is 48.5 Å². The largest absolute Gasteiger partial charge is 0.484 e. The van der Waals surface area contributed by atoms with Crippen molar-refractivity contribution < 1.29 is 27.1 Å². The molecule has 27 heavy (non-hydrogen) atoms. The van der Waals surface area contributed by atoms with E-state index >= 15 is 0 Å². The number of carbonyl (C=O) groups excluding carboxylic acids is 1. The summed E-state index contributed by atoms with van der Waals surface area (Å²) in [6, 6.07) is 11.4. The molecule has 1 unspecified atom stereocenters. The Morgan fingerprint density at radius 2 is 1.85 bits per heavy atom. The van der Waals surface area contributed by atoms with Crippen LogP contribution in [-0.4, -0.2) is 25.4 Å². The summed E-state index contributed by atoms with van der Waals surface area (Å²) in [7, 11) is 0. The SMILES string of the molecule is CC(NC(=O)NCCc1cccc(F)c1)c1ccc(OCC(F)(F)F)cc1. The van der Waals surface area contributed by atoms with Crippen LogP contribution >= 0.6 is 0 Å². The third-order valence-corrected chi connectivity index (χ3v) is 3.72. The maximum atomic E-state index is 13.1. The lowest BCUT2D eigenvalue weighted by atomic mass is 10.1. The monoisotopic (exact) mass is 384 g/mol. The van der Waals surface area contributed by atoms with Gasteiger partial charge in [-0.2, -0.15) is 13.2 Å². The quantitative estimate of drug-likeness (QED) is 0.697. The molecule has 2 N–H and O–H groups in total. The van der Waals surface area contributed by atoms with Crippen LogP contribution in [0.5, 0.6) is 5.75 Å². The van der Waals surface area contributed by atoms with Crippen LogP contribution in [0.4, 0.5) is 22.4 Å². The molecule has 1 atom stereocenters. The van der Waals surface area contributed by atoms with Gasteiger partial charge in [-0.15, -0.1) is 0 Å². The smallest absolute Gasteiger partial charge is 0.422 e. The number of halogens is 4. The summed E-state index contributed by atoms with van der Waals surface area (Å²) in [5.74, 6) is -0.226. The standard InChI is InChI=1S/C19H20F4N2O2/c1-13(15-5-7-17(8-6-15)27-12-19(21,22)23)25-18(26)24-10-9-14-3-2-4-16(20)11-14/h2-8,11,13H,9-10,12H2,1H3,(H2,24,25,26). The number of hydrogen-bond acceptors (Lipinski definition) is 2. The molecule has 0 aliphatic rings. The fourth-order valence-electron chi connectivity index (χ4n) is 2.36. The van der Waals surface area contributed by atoms with Crippen molar-refractivity contribution in [3.63, 3.8) is 0 Å². The van der Waals surface area contributed by atoms with Crippen LogP contribution in [0.3, 0.4) is 0 Å². The van der Waals surface area contributed by atoms with E-state index < -0.39 is 18.8 Å². The highest BCUT2D eigenvalue weighted by Crippen LogP contribution is 2.21. The molecule has 0 bridgehead atoms. The zero-order valence-electron chi connectivity index (χ0n) is 14.6. The van der Waals surface area contributed by atoms with Crippen LogP contribution in [0, 0.1) is 5.82 Å². The molecule has 0 aliphatic heterocycles. The molecule has 0 fully saturated rings. The van der Waals surface area contributed by atoms with Crippen LogP contribution < -0.4 is 15.4 Å². The molecular weight excluding hydrogens is 364 g/mol. The Morgan fingerprint density at radius 1 is 1.15 bits per heavy atom. The molecule has 0 saturated heterocycles. The highest BCUT2D eigenvalue weighted by atomic mass is 19.4. The minimum Gasteiger partial charge on any atom is -0.484 e. The summed E-state index contributed by atoms with van der Waals surface area (Å²) in [6.45, 7) is 0.734. The lowest BCUT2D eigenvalue weighted by molar-refractivity contribution is -0.153. The number of amides is 2. The van der Waals surface area contributed by atoms with Crippen molar-refractivity contribution in [1.82, 2.24) is 10.6 Å². The average Bonchev–Trinajstić information content (AvgIpc) is 2.60. The van der Waals surface area contributed by atoms with E-state index in [4.69, 9.17) is 0 Å². The van der Waals surface area contributed by atoms with Gasteiger partial charge in [-0.3, -0.25) is 0 Å². The first kappa shape index (κ1) is 20.5. The van der Waals surface area contributed by atoms with Crippen molar-refractivity contribution in [3.8, 4) is 5.75 Å². The first-order valence-electron chi connectivity index (χ1n) is 8.31. The van der Waals surface area contributed by atoms with Gasteiger partial charge >= 0.3 is 12.2 Å². The summed E-state index contributed by atoms with van der Waals surface area (Å²) in [6.07, 6.45) is -3.90. The Bertz CT molecular complexity index is 748. The number of carbonyl (C=O) groups is 1. The molecular formula is C19H20F4N2O2. The zero-order chi connectivity index (χ0) is 19.9. The van der Waals surface area contributed by atoms with E-state index in [1.165, 1.54) is 24.3 Å². The Kier molecular flexibility index (Phi) is 7.04. The molecule has 2 rings (SSSR count). The number of nitrogens with one attached hydrogen (secondary N) is 2. The van der Waals surface area contributed by atoms with E-state index in [1.54, 1.807) is 31.2 Å². The van der Waals surface area contributed by atoms with Crippen LogP contribution in [0.2, 0.25) is 0 Å². The van der Waals surface area contributed by atoms with Gasteiger partial charge in [-0.25, -0.2) is 9.18 Å². The normalized spacial score (nSPS) is 12.3. The Hall–Kier alpha value is -2.77. The highest BCUT2D eigenvalue weighted by Gasteiger charge is 2.28. The predicted octanol–water partition coefficient (Wildman–Crippen LogP) is 4.37. The number of hydrogen-bond donors (Lipinski definition) is 2. The number of urea groups is 1. The van der Waals surface area contributed by atoms with Gasteiger partial charge in [0.2, 0.25) is 0 Å². The van der Waals surface area contributed by atoms with E-state index in [0.717, 1.165) is 11.1 Å². The molecule has 0 aromatic heterocycles. The molecule has 2 aromatic carbocycles. The van der Waals surface area contributed by atoms with Gasteiger partial charge in [0.1, 0.15) is 11.6 Å². The molecule has 2 aromatic rings. The second-order valence-corrected chi connectivity index (χ2v) is 5.97. The van der Waals surface area contributed by atoms with Crippen molar-refractivity contribution in [1.29, 1.82) is 0 Å². The van der Waals surface area contributed by atoms with Crippen LogP contribution in [-0.2, 0) is 6.42 Å². The predicted molar refractivity (Wildman–Crippen MR) is 93.0 cm³/mol. The highest BCUT2D eigenvalue weighted by molar-refractivity contribution is 5.74. The average molecular weight is 384 g/mol. The van der Waals surface area contributed by atoms with Crippen LogP contribution in [0.25, 0.3) is 0 Å². The maximum absolute atomic E-state index is 13.1. The van der Waals surface area contributed by atoms with Gasteiger partial charge < -0.3 is 15.4 Å². The van der Waals surface area contributed by atoms with E-state index in [1.807, 2.05) is 0 Å². The summed E-state index contributed by atoms with van der Waals surface area (Å²) in [5.41, 5.74) is 1.49. The minimum absolute atomic E-state index is 0.0998. The molecule has 8 heteroatoms. The number of rotatable bonds is 7. The Morgan fingerprint density at radius 3 is 2.48 bits per heavy atom. The summed E-state index contributed by atoms with van der Waals surface area (Å²) < 4.78 is 54.1. The van der Waals surface area contributed by atoms with Crippen molar-refractivity contribution in [2.24, 2.45) is 0 Å². The lowest BCUT2D eigenvalue weighted by Gasteiger charge is -2.16. The van der Waals surface area contributed by atoms with Crippen molar-refractivity contribution in [2.75, 3.05) is 13.2 Å². The Labute approximate surface area is 154 Å². The Balaban J connectivity index is 1.76. The third kappa shape index (κ3) is 7.55. The molecule has 0 saturated carbocycles. The molecule has 0 aliphatic carbocycles. The van der Waals surface area contributed by atoms with E-state index in [9.17, 15) is 22.4 Å². The first-order chi connectivity index (χ1) is 12.7. The van der Waals surface area contributed by atoms with Gasteiger partial charge in [-0.1, -0.05) is 24.3 Å². The van der Waals surface area contributed by atoms with Gasteiger partial charge in [0.05, 0.1) is 6.04 Å². The summed E-state index contributed by atoms with van der Waals surface area (Å²) in [5, 5.41) is 5.40. The topological polar surface area (TPSA) is 50.4 Å². The first-order valence-corrected chi connectivity index (χ1v) is 8.31. The van der Waals surface area contributed by atoms with Gasteiger partial charge in [0.15, 0.2) is 6.61 Å². The molecule has 0 radical (unpaired) electrons. The third-order valence-electron chi connectivity index (χ3n) is 3.72. The summed E-state index contributed by atoms with van der Waals surface area (Å²) in [4.78, 5) is 11.9.